The van der Waals surface area contributed by atoms with E-state index in [1.54, 1.807) is 19.3 Å². The van der Waals surface area contributed by atoms with Crippen molar-refractivity contribution < 1.29 is 9.90 Å². The van der Waals surface area contributed by atoms with Gasteiger partial charge in [-0.15, -0.1) is 0 Å². The van der Waals surface area contributed by atoms with Gasteiger partial charge in [-0.2, -0.15) is 0 Å². The zero-order valence-corrected chi connectivity index (χ0v) is 7.27. The molecule has 0 aliphatic rings. The molecule has 0 fully saturated rings. The third kappa shape index (κ3) is 2.79. The maximum absolute atomic E-state index is 10.3. The predicted octanol–water partition coefficient (Wildman–Crippen LogP) is 0.260. The average molecular weight is 181 g/mol. The van der Waals surface area contributed by atoms with Gasteiger partial charge in [-0.3, -0.25) is 4.79 Å². The van der Waals surface area contributed by atoms with Crippen molar-refractivity contribution in [3.05, 3.63) is 23.8 Å². The number of nitrogens with two attached hydrogens (primary N) is 1. The number of carbonyl (C=O) groups is 1. The summed E-state index contributed by atoms with van der Waals surface area (Å²) in [5, 5.41) is 8.48. The van der Waals surface area contributed by atoms with E-state index >= 15 is 0 Å². The number of nitrogens with zero attached hydrogens (tertiary/aromatic N) is 2. The van der Waals surface area contributed by atoms with Crippen LogP contribution in [0, 0.1) is 6.92 Å². The topological polar surface area (TPSA) is 89.1 Å². The van der Waals surface area contributed by atoms with Crippen LogP contribution in [0.5, 0.6) is 0 Å². The monoisotopic (exact) mass is 181 g/mol. The number of hydrogen-bond donors (Lipinski definition) is 2. The van der Waals surface area contributed by atoms with E-state index in [4.69, 9.17) is 10.8 Å². The van der Waals surface area contributed by atoms with Gasteiger partial charge in [-0.05, 0) is 6.92 Å². The zero-order chi connectivity index (χ0) is 9.84. The van der Waals surface area contributed by atoms with Crippen molar-refractivity contribution in [3.63, 3.8) is 0 Å². The van der Waals surface area contributed by atoms with E-state index in [1.807, 2.05) is 0 Å². The molecule has 1 aromatic heterocycles. The number of carboxylic acids is 1. The van der Waals surface area contributed by atoms with Crippen LogP contribution in [0.4, 0.5) is 0 Å². The molecule has 3 N–H and O–H groups in total. The van der Waals surface area contributed by atoms with Gasteiger partial charge in [-0.1, -0.05) is 0 Å². The SMILES string of the molecule is Cc1ncc(C(N)CC(=O)O)cn1. The van der Waals surface area contributed by atoms with Gasteiger partial charge in [0.15, 0.2) is 0 Å². The lowest BCUT2D eigenvalue weighted by atomic mass is 10.1. The number of aliphatic carboxylic acids is 1. The molecule has 0 aliphatic carbocycles. The van der Waals surface area contributed by atoms with Crippen molar-refractivity contribution in [2.75, 3.05) is 0 Å². The molecule has 5 heteroatoms. The molecule has 1 atom stereocenters. The first-order valence-corrected chi connectivity index (χ1v) is 3.85. The molecule has 0 spiro atoms. The number of aryl methyl sites for hydroxylation is 1. The molecule has 0 amide bonds. The molecule has 5 nitrogen and oxygen atoms in total. The van der Waals surface area contributed by atoms with Crippen LogP contribution < -0.4 is 5.73 Å². The van der Waals surface area contributed by atoms with Crippen molar-refractivity contribution in [1.29, 1.82) is 0 Å². The molecule has 70 valence electrons. The highest BCUT2D eigenvalue weighted by Gasteiger charge is 2.10. The van der Waals surface area contributed by atoms with Gasteiger partial charge in [0.1, 0.15) is 5.82 Å². The van der Waals surface area contributed by atoms with Crippen molar-refractivity contribution >= 4 is 5.97 Å². The first kappa shape index (κ1) is 9.60. The quantitative estimate of drug-likeness (QED) is 0.698. The highest BCUT2D eigenvalue weighted by atomic mass is 16.4. The third-order valence-electron chi connectivity index (χ3n) is 1.62. The van der Waals surface area contributed by atoms with Gasteiger partial charge in [0.05, 0.1) is 6.42 Å². The predicted molar refractivity (Wildman–Crippen MR) is 46.0 cm³/mol. The Kier molecular flexibility index (Phi) is 2.92. The summed E-state index contributed by atoms with van der Waals surface area (Å²) in [6, 6.07) is -0.530. The van der Waals surface area contributed by atoms with Crippen LogP contribution in [0.3, 0.4) is 0 Å². The molecule has 0 aliphatic heterocycles. The van der Waals surface area contributed by atoms with Crippen LogP contribution in [0.25, 0.3) is 0 Å². The number of rotatable bonds is 3. The smallest absolute Gasteiger partial charge is 0.305 e. The molecule has 0 bridgehead atoms. The van der Waals surface area contributed by atoms with Crippen molar-refractivity contribution in [1.82, 2.24) is 9.97 Å². The number of carboxylic acid groups (broad SMARTS) is 1. The first-order chi connectivity index (χ1) is 6.09. The van der Waals surface area contributed by atoms with Gasteiger partial charge in [0.25, 0.3) is 0 Å². The Morgan fingerprint density at radius 1 is 1.62 bits per heavy atom. The van der Waals surface area contributed by atoms with Crippen molar-refractivity contribution in [3.8, 4) is 0 Å². The zero-order valence-electron chi connectivity index (χ0n) is 7.27. The lowest BCUT2D eigenvalue weighted by Gasteiger charge is -2.07. The molecule has 1 unspecified atom stereocenters. The number of aromatic nitrogens is 2. The van der Waals surface area contributed by atoms with Gasteiger partial charge >= 0.3 is 5.97 Å². The standard InChI is InChI=1S/C8H11N3O2/c1-5-10-3-6(4-11-5)7(9)2-8(12)13/h3-4,7H,2,9H2,1H3,(H,12,13). The molecule has 0 saturated carbocycles. The van der Waals surface area contributed by atoms with E-state index in [2.05, 4.69) is 9.97 Å². The van der Waals surface area contributed by atoms with Gasteiger partial charge in [0, 0.05) is 24.0 Å². The summed E-state index contributed by atoms with van der Waals surface area (Å²) >= 11 is 0. The Hall–Kier alpha value is -1.49. The highest BCUT2D eigenvalue weighted by molar-refractivity contribution is 5.67. The summed E-state index contributed by atoms with van der Waals surface area (Å²) in [6.07, 6.45) is 3.00. The highest BCUT2D eigenvalue weighted by Crippen LogP contribution is 2.10. The second-order valence-corrected chi connectivity index (χ2v) is 2.77. The molecular formula is C8H11N3O2. The van der Waals surface area contributed by atoms with Crippen molar-refractivity contribution in [2.45, 2.75) is 19.4 Å². The van der Waals surface area contributed by atoms with E-state index < -0.39 is 12.0 Å². The summed E-state index contributed by atoms with van der Waals surface area (Å²) in [4.78, 5) is 18.2. The fourth-order valence-electron chi connectivity index (χ4n) is 0.900. The largest absolute Gasteiger partial charge is 0.481 e. The Bertz CT molecular complexity index is 297. The molecule has 0 radical (unpaired) electrons. The number of hydrogen-bond acceptors (Lipinski definition) is 4. The summed E-state index contributed by atoms with van der Waals surface area (Å²) in [5.41, 5.74) is 6.23. The maximum atomic E-state index is 10.3. The lowest BCUT2D eigenvalue weighted by Crippen LogP contribution is -2.15. The fraction of sp³-hybridized carbons (Fsp3) is 0.375. The summed E-state index contributed by atoms with van der Waals surface area (Å²) in [5.74, 6) is -0.278. The van der Waals surface area contributed by atoms with Gasteiger partial charge < -0.3 is 10.8 Å². The normalized spacial score (nSPS) is 12.5. The minimum atomic E-state index is -0.923. The fourth-order valence-corrected chi connectivity index (χ4v) is 0.900. The Morgan fingerprint density at radius 2 is 2.15 bits per heavy atom. The molecule has 0 aromatic carbocycles. The third-order valence-corrected chi connectivity index (χ3v) is 1.62. The van der Waals surface area contributed by atoms with Gasteiger partial charge in [-0.25, -0.2) is 9.97 Å². The van der Waals surface area contributed by atoms with E-state index in [0.717, 1.165) is 0 Å². The molecule has 1 heterocycles. The second-order valence-electron chi connectivity index (χ2n) is 2.77. The average Bonchev–Trinajstić information content (AvgIpc) is 2.04. The summed E-state index contributed by atoms with van der Waals surface area (Å²) in [7, 11) is 0. The van der Waals surface area contributed by atoms with Crippen LogP contribution in [-0.4, -0.2) is 21.0 Å². The summed E-state index contributed by atoms with van der Waals surface area (Å²) in [6.45, 7) is 1.76. The molecular weight excluding hydrogens is 170 g/mol. The molecule has 13 heavy (non-hydrogen) atoms. The Morgan fingerprint density at radius 3 is 2.62 bits per heavy atom. The lowest BCUT2D eigenvalue weighted by molar-refractivity contribution is -0.137. The van der Waals surface area contributed by atoms with Crippen LogP contribution >= 0.6 is 0 Å². The molecule has 0 saturated heterocycles. The molecule has 1 aromatic rings. The van der Waals surface area contributed by atoms with E-state index in [-0.39, 0.29) is 6.42 Å². The Labute approximate surface area is 75.6 Å². The minimum Gasteiger partial charge on any atom is -0.481 e. The van der Waals surface area contributed by atoms with E-state index in [1.165, 1.54) is 0 Å². The van der Waals surface area contributed by atoms with E-state index in [9.17, 15) is 4.79 Å². The van der Waals surface area contributed by atoms with Crippen LogP contribution in [0.1, 0.15) is 23.9 Å². The van der Waals surface area contributed by atoms with Gasteiger partial charge in [0.2, 0.25) is 0 Å². The van der Waals surface area contributed by atoms with Crippen molar-refractivity contribution in [2.24, 2.45) is 5.73 Å². The summed E-state index contributed by atoms with van der Waals surface area (Å²) < 4.78 is 0. The van der Waals surface area contributed by atoms with Crippen LogP contribution in [0.2, 0.25) is 0 Å². The maximum Gasteiger partial charge on any atom is 0.305 e. The van der Waals surface area contributed by atoms with Crippen LogP contribution in [-0.2, 0) is 4.79 Å². The van der Waals surface area contributed by atoms with Crippen LogP contribution in [0.15, 0.2) is 12.4 Å². The first-order valence-electron chi connectivity index (χ1n) is 3.85. The second kappa shape index (κ2) is 3.95. The minimum absolute atomic E-state index is 0.105. The Balaban J connectivity index is 2.71. The van der Waals surface area contributed by atoms with E-state index in [0.29, 0.717) is 11.4 Å². The molecule has 1 rings (SSSR count).